The summed E-state index contributed by atoms with van der Waals surface area (Å²) < 4.78 is 8.05. The monoisotopic (exact) mass is 475 g/mol. The van der Waals surface area contributed by atoms with Gasteiger partial charge in [-0.2, -0.15) is 9.78 Å². The Kier molecular flexibility index (Phi) is 5.51. The standard InChI is InChI=1S/C27H23Cl2N3O/c1-27(2,3)18-13-11-17(12-14-18)16-33-26-20-15-30-23-10-5-4-7-19(23)24(20)31-32(26)25-21(28)8-6-9-22(25)29/h4-15H,16H2,1-3H3. The molecule has 2 aromatic heterocycles. The van der Waals surface area contributed by atoms with Gasteiger partial charge in [0, 0.05) is 11.6 Å². The van der Waals surface area contributed by atoms with Crippen LogP contribution in [-0.2, 0) is 12.0 Å². The van der Waals surface area contributed by atoms with E-state index in [1.54, 1.807) is 23.0 Å². The molecule has 4 nitrogen and oxygen atoms in total. The number of ether oxygens (including phenoxy) is 1. The number of aromatic nitrogens is 3. The highest BCUT2D eigenvalue weighted by Crippen LogP contribution is 2.37. The second-order valence-electron chi connectivity index (χ2n) is 9.06. The van der Waals surface area contributed by atoms with Crippen LogP contribution in [-0.4, -0.2) is 14.8 Å². The van der Waals surface area contributed by atoms with Crippen molar-refractivity contribution in [2.45, 2.75) is 32.8 Å². The molecule has 0 unspecified atom stereocenters. The fourth-order valence-electron chi connectivity index (χ4n) is 3.88. The van der Waals surface area contributed by atoms with Gasteiger partial charge < -0.3 is 4.74 Å². The molecule has 166 valence electrons. The van der Waals surface area contributed by atoms with E-state index in [1.165, 1.54) is 5.56 Å². The molecule has 5 rings (SSSR count). The number of rotatable bonds is 4. The SMILES string of the molecule is CC(C)(C)c1ccc(COc2c3cnc4ccccc4c3nn2-c2c(Cl)cccc2Cl)cc1. The summed E-state index contributed by atoms with van der Waals surface area (Å²) in [6.45, 7) is 6.98. The normalized spacial score (nSPS) is 11.9. The van der Waals surface area contributed by atoms with E-state index in [-0.39, 0.29) is 5.41 Å². The van der Waals surface area contributed by atoms with Gasteiger partial charge >= 0.3 is 0 Å². The van der Waals surface area contributed by atoms with E-state index in [4.69, 9.17) is 33.0 Å². The quantitative estimate of drug-likeness (QED) is 0.266. The van der Waals surface area contributed by atoms with Gasteiger partial charge in [-0.05, 0) is 34.7 Å². The maximum absolute atomic E-state index is 6.54. The zero-order valence-corrected chi connectivity index (χ0v) is 20.2. The molecule has 5 aromatic rings. The van der Waals surface area contributed by atoms with Crippen LogP contribution in [0.25, 0.3) is 27.5 Å². The molecule has 0 bridgehead atoms. The fraction of sp³-hybridized carbons (Fsp3) is 0.185. The number of benzene rings is 3. The summed E-state index contributed by atoms with van der Waals surface area (Å²) in [5, 5.41) is 7.60. The van der Waals surface area contributed by atoms with Crippen LogP contribution in [0.3, 0.4) is 0 Å². The van der Waals surface area contributed by atoms with Crippen molar-refractivity contribution in [3.8, 4) is 11.6 Å². The summed E-state index contributed by atoms with van der Waals surface area (Å²) in [6, 6.07) is 21.8. The average Bonchev–Trinajstić information content (AvgIpc) is 3.16. The lowest BCUT2D eigenvalue weighted by molar-refractivity contribution is 0.288. The smallest absolute Gasteiger partial charge is 0.226 e. The third-order valence-corrected chi connectivity index (χ3v) is 6.32. The Morgan fingerprint density at radius 2 is 1.55 bits per heavy atom. The van der Waals surface area contributed by atoms with Crippen molar-refractivity contribution in [2.75, 3.05) is 0 Å². The molecular weight excluding hydrogens is 453 g/mol. The molecule has 6 heteroatoms. The second kappa shape index (κ2) is 8.36. The Balaban J connectivity index is 1.63. The minimum atomic E-state index is 0.0990. The van der Waals surface area contributed by atoms with Crippen molar-refractivity contribution in [1.29, 1.82) is 0 Å². The highest BCUT2D eigenvalue weighted by atomic mass is 35.5. The Morgan fingerprint density at radius 3 is 2.24 bits per heavy atom. The van der Waals surface area contributed by atoms with Crippen LogP contribution in [0, 0.1) is 0 Å². The van der Waals surface area contributed by atoms with Crippen molar-refractivity contribution in [2.24, 2.45) is 0 Å². The molecule has 0 saturated carbocycles. The Labute approximate surface area is 202 Å². The van der Waals surface area contributed by atoms with Gasteiger partial charge in [0.15, 0.2) is 0 Å². The maximum Gasteiger partial charge on any atom is 0.226 e. The van der Waals surface area contributed by atoms with Gasteiger partial charge in [-0.15, -0.1) is 0 Å². The predicted molar refractivity (Wildman–Crippen MR) is 136 cm³/mol. The Morgan fingerprint density at radius 1 is 0.848 bits per heavy atom. The molecule has 3 aromatic carbocycles. The van der Waals surface area contributed by atoms with Crippen LogP contribution < -0.4 is 4.74 Å². The van der Waals surface area contributed by atoms with E-state index in [0.717, 1.165) is 27.4 Å². The van der Waals surface area contributed by atoms with Crippen molar-refractivity contribution >= 4 is 45.0 Å². The molecule has 33 heavy (non-hydrogen) atoms. The largest absolute Gasteiger partial charge is 0.472 e. The van der Waals surface area contributed by atoms with Gasteiger partial charge in [0.1, 0.15) is 17.8 Å². The summed E-state index contributed by atoms with van der Waals surface area (Å²) in [6.07, 6.45) is 1.80. The molecule has 0 spiro atoms. The highest BCUT2D eigenvalue weighted by molar-refractivity contribution is 6.37. The molecule has 0 saturated heterocycles. The summed E-state index contributed by atoms with van der Waals surface area (Å²) in [5.41, 5.74) is 4.67. The first-order valence-corrected chi connectivity index (χ1v) is 11.5. The first kappa shape index (κ1) is 21.7. The molecule has 0 amide bonds. The lowest BCUT2D eigenvalue weighted by atomic mass is 9.87. The minimum absolute atomic E-state index is 0.0990. The first-order valence-electron chi connectivity index (χ1n) is 10.8. The number of hydrogen-bond acceptors (Lipinski definition) is 3. The Hall–Kier alpha value is -3.08. The van der Waals surface area contributed by atoms with Crippen LogP contribution in [0.2, 0.25) is 10.0 Å². The highest BCUT2D eigenvalue weighted by Gasteiger charge is 2.21. The van der Waals surface area contributed by atoms with E-state index in [9.17, 15) is 0 Å². The average molecular weight is 476 g/mol. The van der Waals surface area contributed by atoms with Gasteiger partial charge in [-0.1, -0.05) is 92.5 Å². The summed E-state index contributed by atoms with van der Waals surface area (Å²) in [4.78, 5) is 4.62. The van der Waals surface area contributed by atoms with E-state index < -0.39 is 0 Å². The number of para-hydroxylation sites is 2. The predicted octanol–water partition coefficient (Wildman–Crippen LogP) is 7.76. The number of pyridine rings is 1. The van der Waals surface area contributed by atoms with E-state index in [1.807, 2.05) is 30.3 Å². The van der Waals surface area contributed by atoms with Gasteiger partial charge in [0.25, 0.3) is 0 Å². The second-order valence-corrected chi connectivity index (χ2v) is 9.87. The van der Waals surface area contributed by atoms with E-state index >= 15 is 0 Å². The molecule has 2 heterocycles. The molecule has 0 radical (unpaired) electrons. The third kappa shape index (κ3) is 4.05. The minimum Gasteiger partial charge on any atom is -0.472 e. The van der Waals surface area contributed by atoms with Crippen LogP contribution in [0.1, 0.15) is 31.9 Å². The molecule has 0 aliphatic heterocycles. The molecule has 0 aliphatic rings. The number of halogens is 2. The van der Waals surface area contributed by atoms with Crippen LogP contribution in [0.15, 0.2) is 72.9 Å². The lowest BCUT2D eigenvalue weighted by Gasteiger charge is -2.19. The third-order valence-electron chi connectivity index (χ3n) is 5.71. The van der Waals surface area contributed by atoms with Crippen LogP contribution >= 0.6 is 23.2 Å². The molecule has 0 fully saturated rings. The van der Waals surface area contributed by atoms with Gasteiger partial charge in [-0.25, -0.2) is 0 Å². The number of fused-ring (bicyclic) bond motifs is 3. The van der Waals surface area contributed by atoms with Gasteiger partial charge in [-0.3, -0.25) is 4.98 Å². The molecule has 0 N–H and O–H groups in total. The molecule has 0 atom stereocenters. The summed E-state index contributed by atoms with van der Waals surface area (Å²) in [7, 11) is 0. The van der Waals surface area contributed by atoms with Crippen LogP contribution in [0.4, 0.5) is 0 Å². The fourth-order valence-corrected chi connectivity index (χ4v) is 4.44. The van der Waals surface area contributed by atoms with Crippen molar-refractivity contribution < 1.29 is 4.74 Å². The molecular formula is C27H23Cl2N3O. The van der Waals surface area contributed by atoms with Gasteiger partial charge in [0.2, 0.25) is 5.88 Å². The van der Waals surface area contributed by atoms with E-state index in [2.05, 4.69) is 50.0 Å². The molecule has 0 aliphatic carbocycles. The van der Waals surface area contributed by atoms with Gasteiger partial charge in [0.05, 0.1) is 20.9 Å². The topological polar surface area (TPSA) is 39.9 Å². The zero-order valence-electron chi connectivity index (χ0n) is 18.6. The first-order chi connectivity index (χ1) is 15.8. The lowest BCUT2D eigenvalue weighted by Crippen LogP contribution is -2.11. The zero-order chi connectivity index (χ0) is 23.2. The number of nitrogens with zero attached hydrogens (tertiary/aromatic N) is 3. The Bertz CT molecular complexity index is 1450. The summed E-state index contributed by atoms with van der Waals surface area (Å²) in [5.74, 6) is 0.554. The van der Waals surface area contributed by atoms with Crippen molar-refractivity contribution in [3.05, 3.63) is 94.1 Å². The van der Waals surface area contributed by atoms with E-state index in [0.29, 0.717) is 28.2 Å². The number of hydrogen-bond donors (Lipinski definition) is 0. The van der Waals surface area contributed by atoms with Crippen molar-refractivity contribution in [3.63, 3.8) is 0 Å². The maximum atomic E-state index is 6.54. The summed E-state index contributed by atoms with van der Waals surface area (Å²) >= 11 is 13.1. The van der Waals surface area contributed by atoms with Crippen molar-refractivity contribution in [1.82, 2.24) is 14.8 Å². The van der Waals surface area contributed by atoms with Crippen LogP contribution in [0.5, 0.6) is 5.88 Å².